The molecule has 0 aliphatic carbocycles. The van der Waals surface area contributed by atoms with Crippen LogP contribution in [-0.2, 0) is 9.59 Å². The highest BCUT2D eigenvalue weighted by atomic mass is 32.1. The monoisotopic (exact) mass is 429 g/mol. The van der Waals surface area contributed by atoms with E-state index in [1.165, 1.54) is 35.1 Å². The molecule has 0 saturated carbocycles. The average Bonchev–Trinajstić information content (AvgIpc) is 3.39. The van der Waals surface area contributed by atoms with Crippen LogP contribution in [0.15, 0.2) is 41.9 Å². The molecule has 4 rings (SSSR count). The number of carbonyl (C=O) groups excluding carboxylic acids is 1. The molecule has 1 aliphatic rings. The first kappa shape index (κ1) is 21.5. The van der Waals surface area contributed by atoms with Crippen LogP contribution in [0.4, 0.5) is 5.69 Å². The number of carbonyl (C=O) groups is 3. The summed E-state index contributed by atoms with van der Waals surface area (Å²) in [7, 11) is 2.18. The summed E-state index contributed by atoms with van der Waals surface area (Å²) in [5.41, 5.74) is 3.37. The van der Waals surface area contributed by atoms with Crippen molar-refractivity contribution in [3.05, 3.63) is 52.3 Å². The highest BCUT2D eigenvalue weighted by Crippen LogP contribution is 2.34. The molecule has 0 unspecified atom stereocenters. The van der Waals surface area contributed by atoms with Gasteiger partial charge in [0.25, 0.3) is 5.91 Å². The molecule has 0 bridgehead atoms. The summed E-state index contributed by atoms with van der Waals surface area (Å²) in [5.74, 6) is -3.09. The second-order valence-corrected chi connectivity index (χ2v) is 8.07. The Hall–Kier alpha value is -3.17. The van der Waals surface area contributed by atoms with Gasteiger partial charge in [-0.2, -0.15) is 0 Å². The molecule has 9 heteroatoms. The minimum atomic E-state index is -1.82. The molecule has 4 N–H and O–H groups in total. The minimum absolute atomic E-state index is 0.0410. The number of thiophene rings is 1. The van der Waals surface area contributed by atoms with Crippen molar-refractivity contribution in [1.29, 1.82) is 0 Å². The van der Waals surface area contributed by atoms with Gasteiger partial charge in [-0.25, -0.2) is 9.59 Å². The maximum atomic E-state index is 12.3. The second-order valence-electron chi connectivity index (χ2n) is 7.12. The van der Waals surface area contributed by atoms with E-state index < -0.39 is 11.9 Å². The Bertz CT molecular complexity index is 1020. The lowest BCUT2D eigenvalue weighted by Gasteiger charge is -2.28. The van der Waals surface area contributed by atoms with Gasteiger partial charge >= 0.3 is 11.9 Å². The number of aliphatic carboxylic acids is 2. The van der Waals surface area contributed by atoms with Gasteiger partial charge in [-0.05, 0) is 74.1 Å². The number of fused-ring (bicyclic) bond motifs is 1. The highest BCUT2D eigenvalue weighted by molar-refractivity contribution is 7.12. The highest BCUT2D eigenvalue weighted by Gasteiger charge is 2.21. The van der Waals surface area contributed by atoms with Crippen LogP contribution in [0.1, 0.15) is 34.0 Å². The second kappa shape index (κ2) is 9.55. The van der Waals surface area contributed by atoms with Crippen molar-refractivity contribution in [2.75, 3.05) is 25.5 Å². The van der Waals surface area contributed by atoms with Crippen molar-refractivity contribution < 1.29 is 24.6 Å². The number of amides is 1. The van der Waals surface area contributed by atoms with Crippen LogP contribution < -0.4 is 5.32 Å². The molecule has 3 aromatic rings. The van der Waals surface area contributed by atoms with E-state index in [1.807, 2.05) is 23.6 Å². The van der Waals surface area contributed by atoms with Gasteiger partial charge in [0.2, 0.25) is 0 Å². The number of rotatable bonds is 3. The van der Waals surface area contributed by atoms with E-state index >= 15 is 0 Å². The molecule has 30 heavy (non-hydrogen) atoms. The zero-order valence-corrected chi connectivity index (χ0v) is 17.2. The van der Waals surface area contributed by atoms with Crippen LogP contribution in [-0.4, -0.2) is 58.1 Å². The number of carboxylic acids is 2. The number of anilines is 1. The third-order valence-electron chi connectivity index (χ3n) is 5.06. The van der Waals surface area contributed by atoms with Crippen LogP contribution >= 0.6 is 11.3 Å². The summed E-state index contributed by atoms with van der Waals surface area (Å²) in [6.45, 7) is 2.29. The molecule has 8 nitrogen and oxygen atoms in total. The normalized spacial score (nSPS) is 14.7. The maximum Gasteiger partial charge on any atom is 0.414 e. The SMILES string of the molecule is CN1CCC(c2c[nH]c3ccc(NC(=O)c4cccs4)cc23)CC1.O=C(O)C(=O)O. The van der Waals surface area contributed by atoms with Gasteiger partial charge < -0.3 is 25.4 Å². The minimum Gasteiger partial charge on any atom is -0.473 e. The van der Waals surface area contributed by atoms with Crippen LogP contribution in [0, 0.1) is 0 Å². The van der Waals surface area contributed by atoms with Crippen molar-refractivity contribution in [2.24, 2.45) is 0 Å². The lowest BCUT2D eigenvalue weighted by Crippen LogP contribution is -2.29. The molecule has 1 amide bonds. The van der Waals surface area contributed by atoms with E-state index in [2.05, 4.69) is 40.6 Å². The molecule has 0 radical (unpaired) electrons. The fourth-order valence-corrected chi connectivity index (χ4v) is 4.10. The fraction of sp³-hybridized carbons (Fsp3) is 0.286. The van der Waals surface area contributed by atoms with Crippen LogP contribution in [0.5, 0.6) is 0 Å². The molecule has 1 aromatic carbocycles. The summed E-state index contributed by atoms with van der Waals surface area (Å²) < 4.78 is 0. The predicted octanol–water partition coefficient (Wildman–Crippen LogP) is 3.45. The Morgan fingerprint density at radius 3 is 2.43 bits per heavy atom. The van der Waals surface area contributed by atoms with Crippen LogP contribution in [0.3, 0.4) is 0 Å². The van der Waals surface area contributed by atoms with Gasteiger partial charge in [0.15, 0.2) is 0 Å². The van der Waals surface area contributed by atoms with Crippen molar-refractivity contribution in [3.63, 3.8) is 0 Å². The first-order valence-corrected chi connectivity index (χ1v) is 10.3. The van der Waals surface area contributed by atoms with Gasteiger partial charge in [0, 0.05) is 22.8 Å². The summed E-state index contributed by atoms with van der Waals surface area (Å²) in [6.07, 6.45) is 4.52. The Morgan fingerprint density at radius 2 is 1.83 bits per heavy atom. The van der Waals surface area contributed by atoms with Gasteiger partial charge in [-0.15, -0.1) is 11.3 Å². The van der Waals surface area contributed by atoms with E-state index in [9.17, 15) is 4.79 Å². The third kappa shape index (κ3) is 5.25. The number of H-pyrrole nitrogens is 1. The first-order valence-electron chi connectivity index (χ1n) is 9.45. The smallest absolute Gasteiger partial charge is 0.414 e. The Labute approximate surface area is 177 Å². The van der Waals surface area contributed by atoms with Crippen molar-refractivity contribution in [2.45, 2.75) is 18.8 Å². The number of piperidine rings is 1. The third-order valence-corrected chi connectivity index (χ3v) is 5.93. The van der Waals surface area contributed by atoms with E-state index in [-0.39, 0.29) is 5.91 Å². The lowest BCUT2D eigenvalue weighted by molar-refractivity contribution is -0.159. The van der Waals surface area contributed by atoms with E-state index in [4.69, 9.17) is 19.8 Å². The number of hydrogen-bond acceptors (Lipinski definition) is 5. The Morgan fingerprint density at radius 1 is 1.13 bits per heavy atom. The lowest BCUT2D eigenvalue weighted by atomic mass is 9.89. The zero-order chi connectivity index (χ0) is 21.7. The molecule has 1 fully saturated rings. The largest absolute Gasteiger partial charge is 0.473 e. The van der Waals surface area contributed by atoms with Crippen molar-refractivity contribution in [3.8, 4) is 0 Å². The fourth-order valence-electron chi connectivity index (χ4n) is 3.48. The molecular formula is C21H23N3O5S. The quantitative estimate of drug-likeness (QED) is 0.473. The van der Waals surface area contributed by atoms with Crippen molar-refractivity contribution >= 4 is 45.8 Å². The molecular weight excluding hydrogens is 406 g/mol. The number of likely N-dealkylation sites (tertiary alicyclic amines) is 1. The number of aromatic amines is 1. The molecule has 0 atom stereocenters. The Kier molecular flexibility index (Phi) is 6.86. The standard InChI is InChI=1S/C19H21N3OS.C2H2O4/c1-22-8-6-13(7-9-22)16-12-20-17-5-4-14(11-15(16)17)21-19(23)18-3-2-10-24-18;3-1(4)2(5)6/h2-5,10-13,20H,6-9H2,1H3,(H,21,23);(H,3,4)(H,5,6). The molecule has 2 aromatic heterocycles. The van der Waals surface area contributed by atoms with Crippen LogP contribution in [0.2, 0.25) is 0 Å². The molecule has 1 saturated heterocycles. The van der Waals surface area contributed by atoms with Crippen LogP contribution in [0.25, 0.3) is 10.9 Å². The number of nitrogens with zero attached hydrogens (tertiary/aromatic N) is 1. The van der Waals surface area contributed by atoms with Gasteiger partial charge in [0.1, 0.15) is 0 Å². The zero-order valence-electron chi connectivity index (χ0n) is 16.4. The van der Waals surface area contributed by atoms with Crippen molar-refractivity contribution in [1.82, 2.24) is 9.88 Å². The first-order chi connectivity index (χ1) is 14.3. The predicted molar refractivity (Wildman–Crippen MR) is 115 cm³/mol. The maximum absolute atomic E-state index is 12.3. The summed E-state index contributed by atoms with van der Waals surface area (Å²) >= 11 is 1.46. The summed E-state index contributed by atoms with van der Waals surface area (Å²) in [6, 6.07) is 9.86. The molecule has 3 heterocycles. The van der Waals surface area contributed by atoms with Gasteiger partial charge in [-0.3, -0.25) is 4.79 Å². The number of carboxylic acid groups (broad SMARTS) is 2. The molecule has 1 aliphatic heterocycles. The molecule has 0 spiro atoms. The van der Waals surface area contributed by atoms with E-state index in [0.717, 1.165) is 29.2 Å². The average molecular weight is 429 g/mol. The summed E-state index contributed by atoms with van der Waals surface area (Å²) in [5, 5.41) is 20.9. The van der Waals surface area contributed by atoms with Gasteiger partial charge in [-0.1, -0.05) is 6.07 Å². The Balaban J connectivity index is 0.000000377. The number of hydrogen-bond donors (Lipinski definition) is 4. The van der Waals surface area contributed by atoms with E-state index in [1.54, 1.807) is 0 Å². The number of benzene rings is 1. The number of nitrogens with one attached hydrogen (secondary N) is 2. The topological polar surface area (TPSA) is 123 Å². The summed E-state index contributed by atoms with van der Waals surface area (Å²) in [4.78, 5) is 37.0. The van der Waals surface area contributed by atoms with Gasteiger partial charge in [0.05, 0.1) is 4.88 Å². The number of aromatic nitrogens is 1. The molecule has 158 valence electrons. The van der Waals surface area contributed by atoms with E-state index in [0.29, 0.717) is 5.92 Å².